The minimum atomic E-state index is -0.149. The number of aliphatic imine (C=N–C) groups is 1. The van der Waals surface area contributed by atoms with E-state index in [9.17, 15) is 9.59 Å². The van der Waals surface area contributed by atoms with Gasteiger partial charge in [0.1, 0.15) is 10.4 Å². The van der Waals surface area contributed by atoms with E-state index in [0.717, 1.165) is 28.6 Å². The summed E-state index contributed by atoms with van der Waals surface area (Å²) in [5.74, 6) is 1.55. The van der Waals surface area contributed by atoms with Crippen LogP contribution in [0.3, 0.4) is 0 Å². The van der Waals surface area contributed by atoms with Crippen molar-refractivity contribution < 1.29 is 9.59 Å². The van der Waals surface area contributed by atoms with Crippen LogP contribution in [0.15, 0.2) is 65.7 Å². The minimum absolute atomic E-state index is 0.0860. The van der Waals surface area contributed by atoms with Crippen molar-refractivity contribution in [2.24, 2.45) is 16.3 Å². The molecule has 2 atom stereocenters. The van der Waals surface area contributed by atoms with E-state index in [-0.39, 0.29) is 22.4 Å². The number of thioether (sulfide) groups is 2. The quantitative estimate of drug-likeness (QED) is 0.304. The molecule has 2 aromatic carbocycles. The molecule has 0 fully saturated rings. The standard InChI is InChI=1S/C30H32N2O2S3/c1-30(2,3)21-14-15-22-25(16-21)37-28-26(22)27(35-17-23(33)19-10-6-4-7-11-19)31-29(32-28)36-18-24(34)20-12-8-5-9-13-20/h4-13,21,27H,14-18H2,1-3H3,(H,31,32)/t21-,27-/m0/s1. The first-order valence-corrected chi connectivity index (χ1v) is 15.5. The molecule has 0 spiro atoms. The fourth-order valence-corrected chi connectivity index (χ4v) is 8.34. The highest BCUT2D eigenvalue weighted by Crippen LogP contribution is 2.51. The maximum absolute atomic E-state index is 12.9. The second kappa shape index (κ2) is 11.2. The predicted octanol–water partition coefficient (Wildman–Crippen LogP) is 7.91. The molecule has 0 unspecified atom stereocenters. The molecule has 1 aliphatic carbocycles. The first-order chi connectivity index (χ1) is 17.8. The van der Waals surface area contributed by atoms with Crippen LogP contribution in [-0.4, -0.2) is 28.2 Å². The molecule has 2 aliphatic rings. The van der Waals surface area contributed by atoms with Gasteiger partial charge < -0.3 is 5.32 Å². The molecule has 7 heteroatoms. The summed E-state index contributed by atoms with van der Waals surface area (Å²) in [5, 5.41) is 5.29. The first kappa shape index (κ1) is 26.3. The average molecular weight is 549 g/mol. The van der Waals surface area contributed by atoms with Gasteiger partial charge in [-0.05, 0) is 36.2 Å². The van der Waals surface area contributed by atoms with E-state index in [4.69, 9.17) is 4.99 Å². The second-order valence-electron chi connectivity index (χ2n) is 10.6. The summed E-state index contributed by atoms with van der Waals surface area (Å²) >= 11 is 4.88. The molecule has 0 saturated carbocycles. The lowest BCUT2D eigenvalue weighted by atomic mass is 9.72. The van der Waals surface area contributed by atoms with Crippen molar-refractivity contribution in [1.29, 1.82) is 0 Å². The summed E-state index contributed by atoms with van der Waals surface area (Å²) in [5.41, 5.74) is 4.40. The second-order valence-corrected chi connectivity index (χ2v) is 13.8. The zero-order chi connectivity index (χ0) is 26.0. The fraction of sp³-hybridized carbons (Fsp3) is 0.367. The Kier molecular flexibility index (Phi) is 7.93. The number of anilines is 1. The molecule has 37 heavy (non-hydrogen) atoms. The van der Waals surface area contributed by atoms with Gasteiger partial charge in [-0.2, -0.15) is 0 Å². The molecular formula is C30H32N2O2S3. The van der Waals surface area contributed by atoms with Gasteiger partial charge in [-0.1, -0.05) is 93.2 Å². The molecule has 4 nitrogen and oxygen atoms in total. The van der Waals surface area contributed by atoms with E-state index >= 15 is 0 Å². The van der Waals surface area contributed by atoms with E-state index < -0.39 is 0 Å². The lowest BCUT2D eigenvalue weighted by Crippen LogP contribution is -2.26. The Bertz CT molecular complexity index is 1310. The fourth-order valence-electron chi connectivity index (χ4n) is 4.90. The number of amidine groups is 1. The van der Waals surface area contributed by atoms with Gasteiger partial charge in [0, 0.05) is 21.6 Å². The SMILES string of the molecule is CC(C)(C)[C@H]1CCc2c(sc3c2[C@H](SCC(=O)c2ccccc2)N=C(SCC(=O)c2ccccc2)N3)C1. The van der Waals surface area contributed by atoms with E-state index in [1.165, 1.54) is 34.2 Å². The Hall–Kier alpha value is -2.35. The molecule has 192 valence electrons. The van der Waals surface area contributed by atoms with Crippen molar-refractivity contribution in [3.8, 4) is 0 Å². The van der Waals surface area contributed by atoms with Crippen LogP contribution in [0.2, 0.25) is 0 Å². The third-order valence-corrected chi connectivity index (χ3v) is 10.3. The van der Waals surface area contributed by atoms with Gasteiger partial charge in [0.15, 0.2) is 16.7 Å². The molecule has 0 saturated heterocycles. The van der Waals surface area contributed by atoms with E-state index in [1.54, 1.807) is 11.8 Å². The number of hydrogen-bond donors (Lipinski definition) is 1. The summed E-state index contributed by atoms with van der Waals surface area (Å²) in [7, 11) is 0. The summed E-state index contributed by atoms with van der Waals surface area (Å²) in [6.07, 6.45) is 3.32. The van der Waals surface area contributed by atoms with Gasteiger partial charge in [0.05, 0.1) is 11.5 Å². The highest BCUT2D eigenvalue weighted by atomic mass is 32.2. The average Bonchev–Trinajstić information content (AvgIpc) is 3.28. The largest absolute Gasteiger partial charge is 0.326 e. The van der Waals surface area contributed by atoms with Crippen molar-refractivity contribution in [3.05, 3.63) is 87.8 Å². The number of nitrogens with one attached hydrogen (secondary N) is 1. The zero-order valence-corrected chi connectivity index (χ0v) is 23.9. The number of hydrogen-bond acceptors (Lipinski definition) is 7. The molecule has 1 aromatic heterocycles. The van der Waals surface area contributed by atoms with Gasteiger partial charge in [0.25, 0.3) is 0 Å². The number of carbonyl (C=O) groups excluding carboxylic acids is 2. The van der Waals surface area contributed by atoms with E-state index in [1.807, 2.05) is 72.0 Å². The minimum Gasteiger partial charge on any atom is -0.326 e. The third-order valence-electron chi connectivity index (χ3n) is 7.14. The van der Waals surface area contributed by atoms with E-state index in [2.05, 4.69) is 26.1 Å². The number of carbonyl (C=O) groups is 2. The summed E-state index contributed by atoms with van der Waals surface area (Å²) < 4.78 is 0. The molecule has 3 aromatic rings. The van der Waals surface area contributed by atoms with Crippen molar-refractivity contribution in [2.75, 3.05) is 16.8 Å². The molecule has 0 amide bonds. The molecule has 0 radical (unpaired) electrons. The number of thiophene rings is 1. The predicted molar refractivity (Wildman–Crippen MR) is 160 cm³/mol. The Morgan fingerprint density at radius 3 is 2.22 bits per heavy atom. The third kappa shape index (κ3) is 6.05. The van der Waals surface area contributed by atoms with Crippen LogP contribution in [0.4, 0.5) is 5.00 Å². The smallest absolute Gasteiger partial charge is 0.173 e. The van der Waals surface area contributed by atoms with Gasteiger partial charge >= 0.3 is 0 Å². The van der Waals surface area contributed by atoms with Gasteiger partial charge in [0.2, 0.25) is 0 Å². The molecule has 2 heterocycles. The van der Waals surface area contributed by atoms with Crippen LogP contribution in [0.5, 0.6) is 0 Å². The Labute approximate surface area is 231 Å². The molecule has 5 rings (SSSR count). The van der Waals surface area contributed by atoms with Crippen LogP contribution in [0, 0.1) is 11.3 Å². The number of nitrogens with zero attached hydrogens (tertiary/aromatic N) is 1. The van der Waals surface area contributed by atoms with Crippen LogP contribution >= 0.6 is 34.9 Å². The lowest BCUT2D eigenvalue weighted by molar-refractivity contribution is 0.101. The lowest BCUT2D eigenvalue weighted by Gasteiger charge is -2.34. The Morgan fingerprint density at radius 1 is 0.973 bits per heavy atom. The maximum atomic E-state index is 12.9. The van der Waals surface area contributed by atoms with Crippen LogP contribution < -0.4 is 5.32 Å². The molecular weight excluding hydrogens is 517 g/mol. The van der Waals surface area contributed by atoms with Crippen molar-refractivity contribution in [1.82, 2.24) is 0 Å². The van der Waals surface area contributed by atoms with E-state index in [0.29, 0.717) is 23.0 Å². The molecule has 1 N–H and O–H groups in total. The molecule has 1 aliphatic heterocycles. The van der Waals surface area contributed by atoms with Gasteiger partial charge in [-0.25, -0.2) is 4.99 Å². The van der Waals surface area contributed by atoms with Crippen LogP contribution in [0.1, 0.15) is 69.3 Å². The monoisotopic (exact) mass is 548 g/mol. The first-order valence-electron chi connectivity index (χ1n) is 12.7. The van der Waals surface area contributed by atoms with Crippen molar-refractivity contribution in [2.45, 2.75) is 45.4 Å². The highest BCUT2D eigenvalue weighted by Gasteiger charge is 2.36. The van der Waals surface area contributed by atoms with Gasteiger partial charge in [-0.3, -0.25) is 9.59 Å². The van der Waals surface area contributed by atoms with Crippen molar-refractivity contribution in [3.63, 3.8) is 0 Å². The van der Waals surface area contributed by atoms with Crippen LogP contribution in [0.25, 0.3) is 0 Å². The van der Waals surface area contributed by atoms with Gasteiger partial charge in [-0.15, -0.1) is 23.1 Å². The number of fused-ring (bicyclic) bond motifs is 3. The number of benzene rings is 2. The number of Topliss-reactive ketones (excluding diaryl/α,β-unsaturated/α-hetero) is 2. The number of ketones is 2. The number of rotatable bonds is 7. The highest BCUT2D eigenvalue weighted by molar-refractivity contribution is 8.14. The Morgan fingerprint density at radius 2 is 1.59 bits per heavy atom. The zero-order valence-electron chi connectivity index (χ0n) is 21.5. The summed E-state index contributed by atoms with van der Waals surface area (Å²) in [6.45, 7) is 7.01. The molecule has 0 bridgehead atoms. The van der Waals surface area contributed by atoms with Crippen LogP contribution in [-0.2, 0) is 12.8 Å². The summed E-state index contributed by atoms with van der Waals surface area (Å²) in [4.78, 5) is 32.1. The summed E-state index contributed by atoms with van der Waals surface area (Å²) in [6, 6.07) is 18.9. The maximum Gasteiger partial charge on any atom is 0.173 e. The normalized spacial score (nSPS) is 18.8. The van der Waals surface area contributed by atoms with Crippen molar-refractivity contribution >= 4 is 56.6 Å². The Balaban J connectivity index is 1.37. The topological polar surface area (TPSA) is 58.5 Å².